The first-order chi connectivity index (χ1) is 10.1. The van der Waals surface area contributed by atoms with E-state index in [1.54, 1.807) is 30.2 Å². The topological polar surface area (TPSA) is 75.9 Å². The second-order valence-electron chi connectivity index (χ2n) is 4.80. The van der Waals surface area contributed by atoms with Crippen LogP contribution in [-0.2, 0) is 4.79 Å². The van der Waals surface area contributed by atoms with Gasteiger partial charge in [0.15, 0.2) is 6.29 Å². The number of carbonyl (C=O) groups excluding carboxylic acids is 2. The Labute approximate surface area is 144 Å². The van der Waals surface area contributed by atoms with Gasteiger partial charge in [0, 0.05) is 30.7 Å². The maximum atomic E-state index is 12.6. The van der Waals surface area contributed by atoms with Gasteiger partial charge in [-0.05, 0) is 34.1 Å². The molecule has 0 bridgehead atoms. The van der Waals surface area contributed by atoms with Crippen LogP contribution >= 0.6 is 28.3 Å². The molecule has 1 atom stereocenters. The van der Waals surface area contributed by atoms with Gasteiger partial charge >= 0.3 is 0 Å². The van der Waals surface area contributed by atoms with Crippen molar-refractivity contribution >= 4 is 40.5 Å². The smallest absolute Gasteiger partial charge is 0.255 e. The van der Waals surface area contributed by atoms with Crippen LogP contribution < -0.4 is 10.5 Å². The second-order valence-corrected chi connectivity index (χ2v) is 5.65. The molecule has 1 aliphatic rings. The number of piperazine rings is 1. The zero-order valence-corrected chi connectivity index (χ0v) is 14.6. The summed E-state index contributed by atoms with van der Waals surface area (Å²) in [5, 5.41) is 0. The molecular formula is C14H19BrClN3O3. The summed E-state index contributed by atoms with van der Waals surface area (Å²) in [5.41, 5.74) is 6.24. The Hall–Kier alpha value is -1.15. The standard InChI is InChI=1S/C14H18BrN3O3.ClH/c1-21-10-2-3-12(15)11(8-10)14(20)18-6-4-17(5-7-18)13(16)9-19;/h2-3,8-9,13H,4-7,16H2,1H3;1H. The third kappa shape index (κ3) is 4.19. The zero-order chi connectivity index (χ0) is 15.4. The number of nitrogens with zero attached hydrogens (tertiary/aromatic N) is 2. The van der Waals surface area contributed by atoms with Crippen molar-refractivity contribution < 1.29 is 14.3 Å². The maximum Gasteiger partial charge on any atom is 0.255 e. The molecule has 0 saturated carbocycles. The number of benzene rings is 1. The Bertz CT molecular complexity index is 536. The third-order valence-electron chi connectivity index (χ3n) is 3.57. The minimum absolute atomic E-state index is 0. The van der Waals surface area contributed by atoms with Gasteiger partial charge in [-0.2, -0.15) is 0 Å². The molecule has 0 aromatic heterocycles. The van der Waals surface area contributed by atoms with Gasteiger partial charge in [0.05, 0.1) is 12.7 Å². The van der Waals surface area contributed by atoms with E-state index in [1.807, 2.05) is 4.90 Å². The SMILES string of the molecule is COc1ccc(Br)c(C(=O)N2CCN(C(N)C=O)CC2)c1.Cl. The summed E-state index contributed by atoms with van der Waals surface area (Å²) in [6.45, 7) is 2.27. The van der Waals surface area contributed by atoms with E-state index in [2.05, 4.69) is 15.9 Å². The zero-order valence-electron chi connectivity index (χ0n) is 12.2. The summed E-state index contributed by atoms with van der Waals surface area (Å²) in [4.78, 5) is 26.9. The van der Waals surface area contributed by atoms with E-state index in [1.165, 1.54) is 0 Å². The summed E-state index contributed by atoms with van der Waals surface area (Å²) in [6, 6.07) is 5.31. The Morgan fingerprint density at radius 1 is 1.36 bits per heavy atom. The molecule has 0 aliphatic carbocycles. The molecule has 2 N–H and O–H groups in total. The Morgan fingerprint density at radius 3 is 2.55 bits per heavy atom. The van der Waals surface area contributed by atoms with Crippen LogP contribution in [0.3, 0.4) is 0 Å². The molecule has 122 valence electrons. The van der Waals surface area contributed by atoms with Crippen molar-refractivity contribution in [3.8, 4) is 5.75 Å². The minimum atomic E-state index is -0.592. The molecule has 0 radical (unpaired) electrons. The molecule has 8 heteroatoms. The van der Waals surface area contributed by atoms with Crippen molar-refractivity contribution in [2.45, 2.75) is 6.17 Å². The summed E-state index contributed by atoms with van der Waals surface area (Å²) in [5.74, 6) is 0.586. The summed E-state index contributed by atoms with van der Waals surface area (Å²) >= 11 is 3.39. The van der Waals surface area contributed by atoms with Gasteiger partial charge in [-0.3, -0.25) is 9.69 Å². The van der Waals surface area contributed by atoms with E-state index < -0.39 is 6.17 Å². The van der Waals surface area contributed by atoms with Crippen LogP contribution in [0, 0.1) is 0 Å². The van der Waals surface area contributed by atoms with Crippen LogP contribution in [-0.4, -0.2) is 61.4 Å². The Kier molecular flexibility index (Phi) is 7.28. The van der Waals surface area contributed by atoms with E-state index >= 15 is 0 Å². The van der Waals surface area contributed by atoms with E-state index in [9.17, 15) is 9.59 Å². The fourth-order valence-corrected chi connectivity index (χ4v) is 2.69. The first-order valence-corrected chi connectivity index (χ1v) is 7.44. The number of hydrogen-bond donors (Lipinski definition) is 1. The first-order valence-electron chi connectivity index (χ1n) is 6.64. The van der Waals surface area contributed by atoms with Gasteiger partial charge in [0.25, 0.3) is 5.91 Å². The predicted octanol–water partition coefficient (Wildman–Crippen LogP) is 1.12. The number of methoxy groups -OCH3 is 1. The largest absolute Gasteiger partial charge is 0.497 e. The van der Waals surface area contributed by atoms with E-state index in [-0.39, 0.29) is 18.3 Å². The average Bonchev–Trinajstić information content (AvgIpc) is 2.54. The molecule has 1 aliphatic heterocycles. The lowest BCUT2D eigenvalue weighted by Crippen LogP contribution is -2.55. The molecule has 1 saturated heterocycles. The number of hydrogen-bond acceptors (Lipinski definition) is 5. The molecule has 22 heavy (non-hydrogen) atoms. The van der Waals surface area contributed by atoms with Crippen LogP contribution in [0.15, 0.2) is 22.7 Å². The summed E-state index contributed by atoms with van der Waals surface area (Å²) in [7, 11) is 1.57. The molecule has 1 aromatic carbocycles. The van der Waals surface area contributed by atoms with E-state index in [4.69, 9.17) is 10.5 Å². The summed E-state index contributed by atoms with van der Waals surface area (Å²) < 4.78 is 5.89. The number of nitrogens with two attached hydrogens (primary N) is 1. The van der Waals surface area contributed by atoms with Gasteiger partial charge in [0.2, 0.25) is 0 Å². The minimum Gasteiger partial charge on any atom is -0.497 e. The number of amides is 1. The average molecular weight is 393 g/mol. The van der Waals surface area contributed by atoms with Crippen molar-refractivity contribution in [1.29, 1.82) is 0 Å². The second kappa shape index (κ2) is 8.47. The molecule has 1 heterocycles. The van der Waals surface area contributed by atoms with Gasteiger partial charge < -0.3 is 20.2 Å². The van der Waals surface area contributed by atoms with Gasteiger partial charge in [0.1, 0.15) is 11.9 Å². The lowest BCUT2D eigenvalue weighted by Gasteiger charge is -2.36. The highest BCUT2D eigenvalue weighted by Crippen LogP contribution is 2.24. The fourth-order valence-electron chi connectivity index (χ4n) is 2.27. The highest BCUT2D eigenvalue weighted by Gasteiger charge is 2.25. The molecule has 2 rings (SSSR count). The molecule has 1 aromatic rings. The normalized spacial score (nSPS) is 16.6. The number of ether oxygens (including phenoxy) is 1. The highest BCUT2D eigenvalue weighted by molar-refractivity contribution is 9.10. The van der Waals surface area contributed by atoms with Crippen molar-refractivity contribution in [3.05, 3.63) is 28.2 Å². The highest BCUT2D eigenvalue weighted by atomic mass is 79.9. The lowest BCUT2D eigenvalue weighted by molar-refractivity contribution is -0.112. The van der Waals surface area contributed by atoms with Crippen LogP contribution in [0.2, 0.25) is 0 Å². The molecular weight excluding hydrogens is 374 g/mol. The van der Waals surface area contributed by atoms with Crippen molar-refractivity contribution in [2.24, 2.45) is 5.73 Å². The lowest BCUT2D eigenvalue weighted by atomic mass is 10.1. The van der Waals surface area contributed by atoms with Gasteiger partial charge in [-0.1, -0.05) is 0 Å². The quantitative estimate of drug-likeness (QED) is 0.777. The number of rotatable bonds is 4. The predicted molar refractivity (Wildman–Crippen MR) is 89.5 cm³/mol. The molecule has 0 spiro atoms. The van der Waals surface area contributed by atoms with Crippen molar-refractivity contribution in [2.75, 3.05) is 33.3 Å². The number of aldehydes is 1. The fraction of sp³-hybridized carbons (Fsp3) is 0.429. The van der Waals surface area contributed by atoms with Crippen LogP contribution in [0.5, 0.6) is 5.75 Å². The van der Waals surface area contributed by atoms with Crippen LogP contribution in [0.4, 0.5) is 0 Å². The summed E-state index contributed by atoms with van der Waals surface area (Å²) in [6.07, 6.45) is 0.127. The van der Waals surface area contributed by atoms with Gasteiger partial charge in [-0.15, -0.1) is 12.4 Å². The van der Waals surface area contributed by atoms with Crippen LogP contribution in [0.25, 0.3) is 0 Å². The maximum absolute atomic E-state index is 12.6. The van der Waals surface area contributed by atoms with Crippen molar-refractivity contribution in [3.63, 3.8) is 0 Å². The van der Waals surface area contributed by atoms with E-state index in [0.717, 1.165) is 10.8 Å². The number of carbonyl (C=O) groups is 2. The molecule has 1 amide bonds. The molecule has 6 nitrogen and oxygen atoms in total. The van der Waals surface area contributed by atoms with Crippen LogP contribution in [0.1, 0.15) is 10.4 Å². The third-order valence-corrected chi connectivity index (χ3v) is 4.26. The first kappa shape index (κ1) is 18.9. The monoisotopic (exact) mass is 391 g/mol. The number of halogens is 2. The molecule has 1 fully saturated rings. The Morgan fingerprint density at radius 2 is 2.00 bits per heavy atom. The Balaban J connectivity index is 0.00000242. The van der Waals surface area contributed by atoms with E-state index in [0.29, 0.717) is 37.5 Å². The van der Waals surface area contributed by atoms with Gasteiger partial charge in [-0.25, -0.2) is 0 Å². The molecule has 1 unspecified atom stereocenters. The van der Waals surface area contributed by atoms with Crippen molar-refractivity contribution in [1.82, 2.24) is 9.80 Å².